The Hall–Kier alpha value is -3.19. The van der Waals surface area contributed by atoms with Gasteiger partial charge >= 0.3 is 5.63 Å². The number of carbonyl (C=O) groups is 1. The van der Waals surface area contributed by atoms with E-state index in [2.05, 4.69) is 0 Å². The second kappa shape index (κ2) is 6.61. The monoisotopic (exact) mass is 372 g/mol. The van der Waals surface area contributed by atoms with E-state index in [9.17, 15) is 19.7 Å². The highest BCUT2D eigenvalue weighted by atomic mass is 35.5. The molecule has 0 saturated carbocycles. The molecule has 0 aliphatic rings. The third kappa shape index (κ3) is 3.16. The summed E-state index contributed by atoms with van der Waals surface area (Å²) < 4.78 is 5.36. The lowest BCUT2D eigenvalue weighted by Crippen LogP contribution is -2.21. The maximum absolute atomic E-state index is 12.5. The molecular weight excluding hydrogens is 360 g/mol. The average Bonchev–Trinajstić information content (AvgIpc) is 2.56. The van der Waals surface area contributed by atoms with Gasteiger partial charge in [0, 0.05) is 29.0 Å². The summed E-state index contributed by atoms with van der Waals surface area (Å²) in [5.41, 5.74) is 6.02. The normalized spacial score (nSPS) is 10.8. The molecule has 8 heteroatoms. The first-order valence-electron chi connectivity index (χ1n) is 7.57. The Morgan fingerprint density at radius 2 is 2.04 bits per heavy atom. The third-order valence-electron chi connectivity index (χ3n) is 4.00. The van der Waals surface area contributed by atoms with Crippen LogP contribution in [-0.4, -0.2) is 10.8 Å². The van der Waals surface area contributed by atoms with Crippen molar-refractivity contribution >= 4 is 34.2 Å². The number of rotatable bonds is 4. The van der Waals surface area contributed by atoms with Gasteiger partial charge in [0.25, 0.3) is 5.69 Å². The van der Waals surface area contributed by atoms with Gasteiger partial charge in [-0.2, -0.15) is 0 Å². The molecular formula is C18H13ClN2O5. The number of hydrogen-bond donors (Lipinski definition) is 1. The highest BCUT2D eigenvalue weighted by molar-refractivity contribution is 6.31. The van der Waals surface area contributed by atoms with Gasteiger partial charge in [-0.05, 0) is 30.2 Å². The van der Waals surface area contributed by atoms with Crippen LogP contribution in [0.4, 0.5) is 5.69 Å². The topological polar surface area (TPSA) is 116 Å². The number of nitro groups is 1. The number of amides is 1. The lowest BCUT2D eigenvalue weighted by molar-refractivity contribution is -0.384. The summed E-state index contributed by atoms with van der Waals surface area (Å²) in [6.45, 7) is 1.70. The minimum Gasteiger partial charge on any atom is -0.422 e. The summed E-state index contributed by atoms with van der Waals surface area (Å²) in [5.74, 6) is -0.801. The Morgan fingerprint density at radius 3 is 2.69 bits per heavy atom. The van der Waals surface area contributed by atoms with Gasteiger partial charge in [0.2, 0.25) is 5.91 Å². The molecule has 0 bridgehead atoms. The number of halogens is 1. The summed E-state index contributed by atoms with van der Waals surface area (Å²) in [5, 5.41) is 11.6. The van der Waals surface area contributed by atoms with Gasteiger partial charge in [-0.15, -0.1) is 0 Å². The minimum absolute atomic E-state index is 0.00774. The number of fused-ring (bicyclic) bond motifs is 1. The molecule has 2 N–H and O–H groups in total. The van der Waals surface area contributed by atoms with Crippen LogP contribution in [0.5, 0.6) is 0 Å². The molecule has 1 aromatic heterocycles. The standard InChI is InChI=1S/C18H13ClN2O5/c1-9-5-11(19)8-13-15(17(20)22)14(18(23)26-16(9)13)7-10-3-2-4-12(6-10)21(24)25/h2-6,8H,7H2,1H3,(H2,20,22). The highest BCUT2D eigenvalue weighted by Gasteiger charge is 2.21. The predicted molar refractivity (Wildman–Crippen MR) is 96.7 cm³/mol. The molecule has 132 valence electrons. The molecule has 0 saturated heterocycles. The Bertz CT molecular complexity index is 1120. The van der Waals surface area contributed by atoms with Gasteiger partial charge < -0.3 is 10.2 Å². The first kappa shape index (κ1) is 17.6. The molecule has 0 fully saturated rings. The van der Waals surface area contributed by atoms with Gasteiger partial charge in [-0.25, -0.2) is 4.79 Å². The second-order valence-electron chi connectivity index (χ2n) is 5.81. The summed E-state index contributed by atoms with van der Waals surface area (Å²) in [7, 11) is 0. The molecule has 3 rings (SSSR count). The molecule has 1 heterocycles. The van der Waals surface area contributed by atoms with Crippen molar-refractivity contribution in [1.82, 2.24) is 0 Å². The van der Waals surface area contributed by atoms with E-state index in [1.54, 1.807) is 19.1 Å². The molecule has 26 heavy (non-hydrogen) atoms. The zero-order valence-electron chi connectivity index (χ0n) is 13.6. The second-order valence-corrected chi connectivity index (χ2v) is 6.25. The van der Waals surface area contributed by atoms with E-state index >= 15 is 0 Å². The van der Waals surface area contributed by atoms with Crippen LogP contribution < -0.4 is 11.4 Å². The van der Waals surface area contributed by atoms with E-state index < -0.39 is 16.5 Å². The highest BCUT2D eigenvalue weighted by Crippen LogP contribution is 2.28. The fraction of sp³-hybridized carbons (Fsp3) is 0.111. The fourth-order valence-electron chi connectivity index (χ4n) is 2.90. The van der Waals surface area contributed by atoms with Crippen LogP contribution >= 0.6 is 11.6 Å². The molecule has 0 unspecified atom stereocenters. The number of nitrogens with two attached hydrogens (primary N) is 1. The summed E-state index contributed by atoms with van der Waals surface area (Å²) in [4.78, 5) is 34.9. The van der Waals surface area contributed by atoms with Crippen LogP contribution in [0.3, 0.4) is 0 Å². The Kier molecular flexibility index (Phi) is 4.48. The Morgan fingerprint density at radius 1 is 1.31 bits per heavy atom. The number of primary amides is 1. The van der Waals surface area contributed by atoms with Gasteiger partial charge in [-0.3, -0.25) is 14.9 Å². The number of aryl methyl sites for hydroxylation is 1. The van der Waals surface area contributed by atoms with Crippen molar-refractivity contribution in [1.29, 1.82) is 0 Å². The minimum atomic E-state index is -0.801. The summed E-state index contributed by atoms with van der Waals surface area (Å²) in [6, 6.07) is 8.90. The molecule has 0 atom stereocenters. The van der Waals surface area contributed by atoms with E-state index in [1.165, 1.54) is 24.3 Å². The molecule has 3 aromatic rings. The zero-order valence-corrected chi connectivity index (χ0v) is 14.4. The summed E-state index contributed by atoms with van der Waals surface area (Å²) >= 11 is 6.06. The van der Waals surface area contributed by atoms with Crippen molar-refractivity contribution in [3.8, 4) is 0 Å². The van der Waals surface area contributed by atoms with Crippen molar-refractivity contribution in [2.24, 2.45) is 5.73 Å². The van der Waals surface area contributed by atoms with Gasteiger partial charge in [0.1, 0.15) is 5.58 Å². The number of carbonyl (C=O) groups excluding carboxylic acids is 1. The maximum Gasteiger partial charge on any atom is 0.340 e. The predicted octanol–water partition coefficient (Wildman–Crippen LogP) is 3.35. The molecule has 0 aliphatic carbocycles. The fourth-order valence-corrected chi connectivity index (χ4v) is 3.17. The van der Waals surface area contributed by atoms with Gasteiger partial charge in [-0.1, -0.05) is 23.7 Å². The number of nitro benzene ring substituents is 1. The maximum atomic E-state index is 12.5. The van der Waals surface area contributed by atoms with E-state index in [0.717, 1.165) is 0 Å². The van der Waals surface area contributed by atoms with Gasteiger partial charge in [0.15, 0.2) is 0 Å². The van der Waals surface area contributed by atoms with E-state index in [-0.39, 0.29) is 28.8 Å². The number of benzene rings is 2. The van der Waals surface area contributed by atoms with E-state index in [0.29, 0.717) is 21.5 Å². The molecule has 0 radical (unpaired) electrons. The van der Waals surface area contributed by atoms with Crippen molar-refractivity contribution in [2.75, 3.05) is 0 Å². The molecule has 2 aromatic carbocycles. The zero-order chi connectivity index (χ0) is 19.0. The van der Waals surface area contributed by atoms with Crippen molar-refractivity contribution < 1.29 is 14.1 Å². The number of non-ortho nitro benzene ring substituents is 1. The quantitative estimate of drug-likeness (QED) is 0.428. The summed E-state index contributed by atoms with van der Waals surface area (Å²) in [6.07, 6.45) is -0.0379. The first-order chi connectivity index (χ1) is 12.3. The van der Waals surface area contributed by atoms with Crippen molar-refractivity contribution in [3.05, 3.63) is 84.2 Å². The smallest absolute Gasteiger partial charge is 0.340 e. The lowest BCUT2D eigenvalue weighted by atomic mass is 9.97. The molecule has 0 aliphatic heterocycles. The van der Waals surface area contributed by atoms with Crippen LogP contribution in [0.2, 0.25) is 5.02 Å². The van der Waals surface area contributed by atoms with Crippen LogP contribution in [0.25, 0.3) is 11.0 Å². The molecule has 7 nitrogen and oxygen atoms in total. The van der Waals surface area contributed by atoms with Crippen LogP contribution in [0.1, 0.15) is 27.0 Å². The van der Waals surface area contributed by atoms with Crippen LogP contribution in [0, 0.1) is 17.0 Å². The Labute approximate surface area is 152 Å². The Balaban J connectivity index is 2.26. The van der Waals surface area contributed by atoms with Gasteiger partial charge in [0.05, 0.1) is 16.1 Å². The number of nitrogens with zero attached hydrogens (tertiary/aromatic N) is 1. The number of hydrogen-bond acceptors (Lipinski definition) is 5. The third-order valence-corrected chi connectivity index (χ3v) is 4.22. The van der Waals surface area contributed by atoms with E-state index in [4.69, 9.17) is 21.8 Å². The largest absolute Gasteiger partial charge is 0.422 e. The van der Waals surface area contributed by atoms with Crippen molar-refractivity contribution in [2.45, 2.75) is 13.3 Å². The molecule has 0 spiro atoms. The van der Waals surface area contributed by atoms with E-state index in [1.807, 2.05) is 0 Å². The molecule has 1 amide bonds. The SMILES string of the molecule is Cc1cc(Cl)cc2c(C(N)=O)c(Cc3cccc([N+](=O)[O-])c3)c(=O)oc12. The van der Waals surface area contributed by atoms with Crippen LogP contribution in [0.15, 0.2) is 45.6 Å². The lowest BCUT2D eigenvalue weighted by Gasteiger charge is -2.11. The first-order valence-corrected chi connectivity index (χ1v) is 7.94. The average molecular weight is 373 g/mol. The van der Waals surface area contributed by atoms with Crippen molar-refractivity contribution in [3.63, 3.8) is 0 Å². The van der Waals surface area contributed by atoms with Crippen LogP contribution in [-0.2, 0) is 6.42 Å².